The lowest BCUT2D eigenvalue weighted by Gasteiger charge is -2.39. The number of benzene rings is 9. The predicted molar refractivity (Wildman–Crippen MR) is 256 cm³/mol. The van der Waals surface area contributed by atoms with Crippen molar-refractivity contribution in [2.75, 3.05) is 4.90 Å². The molecular weight excluding hydrogens is 775 g/mol. The minimum atomic E-state index is -0.578. The van der Waals surface area contributed by atoms with E-state index in [1.54, 1.807) is 0 Å². The average molecular weight is 812 g/mol. The summed E-state index contributed by atoms with van der Waals surface area (Å²) in [5.41, 5.74) is 16.9. The number of hydrogen-bond donors (Lipinski definition) is 0. The van der Waals surface area contributed by atoms with Crippen LogP contribution in [0.4, 0.5) is 17.1 Å². The van der Waals surface area contributed by atoms with Gasteiger partial charge in [-0.25, -0.2) is 0 Å². The van der Waals surface area contributed by atoms with Gasteiger partial charge in [0, 0.05) is 43.1 Å². The number of para-hydroxylation sites is 2. The first kappa shape index (κ1) is 34.3. The molecule has 62 heavy (non-hydrogen) atoms. The third-order valence-electron chi connectivity index (χ3n) is 14.1. The Bertz CT molecular complexity index is 3690. The number of rotatable bonds is 3. The molecule has 14 rings (SSSR count). The van der Waals surface area contributed by atoms with Crippen molar-refractivity contribution in [1.82, 2.24) is 0 Å². The van der Waals surface area contributed by atoms with Crippen LogP contribution in [0.3, 0.4) is 0 Å². The molecule has 0 radical (unpaired) electrons. The van der Waals surface area contributed by atoms with Gasteiger partial charge in [0.1, 0.15) is 22.7 Å². The molecule has 3 heterocycles. The minimum Gasteiger partial charge on any atom is -0.457 e. The fourth-order valence-corrected chi connectivity index (χ4v) is 12.7. The van der Waals surface area contributed by atoms with E-state index in [0.29, 0.717) is 0 Å². The number of furan rings is 1. The van der Waals surface area contributed by atoms with E-state index < -0.39 is 5.41 Å². The minimum absolute atomic E-state index is 0.156. The maximum atomic E-state index is 7.08. The maximum Gasteiger partial charge on any atom is 0.137 e. The summed E-state index contributed by atoms with van der Waals surface area (Å²) in [7, 11) is 0. The van der Waals surface area contributed by atoms with Gasteiger partial charge < -0.3 is 14.1 Å². The lowest BCUT2D eigenvalue weighted by Crippen LogP contribution is -2.32. The second-order valence-electron chi connectivity index (χ2n) is 17.5. The van der Waals surface area contributed by atoms with Gasteiger partial charge in [-0.15, -0.1) is 11.3 Å². The van der Waals surface area contributed by atoms with Gasteiger partial charge in [0.25, 0.3) is 0 Å². The standard InChI is InChI=1S/C58H37NO2S/c1-57(2)42-19-6-3-15-35(42)37-30-29-34(31-46(37)57)59(49-24-13-18-39-38-17-5-12-28-54(38)62-56(39)49)48-23-14-27-52-55(48)41-32-40-36-16-4-7-20-43(36)58(47(40)33-53(41)61-52)44-21-8-10-25-50(44)60-51-26-11-9-22-45(51)58/h3-33H,1-2H3. The van der Waals surface area contributed by atoms with Gasteiger partial charge in [-0.1, -0.05) is 141 Å². The molecule has 3 aliphatic rings. The van der Waals surface area contributed by atoms with Gasteiger partial charge >= 0.3 is 0 Å². The Morgan fingerprint density at radius 1 is 0.435 bits per heavy atom. The van der Waals surface area contributed by atoms with Gasteiger partial charge in [-0.3, -0.25) is 0 Å². The van der Waals surface area contributed by atoms with Crippen molar-refractivity contribution in [3.8, 4) is 33.8 Å². The summed E-state index contributed by atoms with van der Waals surface area (Å²) < 4.78 is 16.3. The zero-order chi connectivity index (χ0) is 40.9. The van der Waals surface area contributed by atoms with E-state index in [2.05, 4.69) is 207 Å². The zero-order valence-corrected chi connectivity index (χ0v) is 34.9. The number of thiophene rings is 1. The van der Waals surface area contributed by atoms with Crippen molar-refractivity contribution in [2.45, 2.75) is 24.7 Å². The summed E-state index contributed by atoms with van der Waals surface area (Å²) >= 11 is 1.87. The van der Waals surface area contributed by atoms with Crippen LogP contribution in [0.1, 0.15) is 47.2 Å². The van der Waals surface area contributed by atoms with Crippen molar-refractivity contribution >= 4 is 70.5 Å². The molecule has 0 N–H and O–H groups in total. The van der Waals surface area contributed by atoms with E-state index in [0.717, 1.165) is 61.6 Å². The summed E-state index contributed by atoms with van der Waals surface area (Å²) in [6.45, 7) is 4.73. The van der Waals surface area contributed by atoms with Crippen molar-refractivity contribution in [3.05, 3.63) is 221 Å². The summed E-state index contributed by atoms with van der Waals surface area (Å²) in [5, 5.41) is 4.74. The van der Waals surface area contributed by atoms with Crippen LogP contribution < -0.4 is 9.64 Å². The Balaban J connectivity index is 1.06. The molecule has 9 aromatic carbocycles. The van der Waals surface area contributed by atoms with Crippen LogP contribution in [0, 0.1) is 0 Å². The van der Waals surface area contributed by atoms with Crippen LogP contribution in [0.5, 0.6) is 11.5 Å². The molecular formula is C58H37NO2S. The normalized spacial score (nSPS) is 14.7. The van der Waals surface area contributed by atoms with Gasteiger partial charge in [0.05, 0.1) is 26.9 Å². The molecule has 4 heteroatoms. The first-order valence-electron chi connectivity index (χ1n) is 21.4. The highest BCUT2D eigenvalue weighted by Crippen LogP contribution is 2.63. The van der Waals surface area contributed by atoms with Crippen LogP contribution in [-0.4, -0.2) is 0 Å². The molecule has 0 saturated carbocycles. The molecule has 0 atom stereocenters. The lowest BCUT2D eigenvalue weighted by molar-refractivity contribution is 0.436. The highest BCUT2D eigenvalue weighted by atomic mass is 32.1. The van der Waals surface area contributed by atoms with E-state index in [4.69, 9.17) is 9.15 Å². The van der Waals surface area contributed by atoms with E-state index >= 15 is 0 Å². The molecule has 1 spiro atoms. The number of ether oxygens (including phenoxy) is 1. The van der Waals surface area contributed by atoms with Gasteiger partial charge in [-0.2, -0.15) is 0 Å². The molecule has 292 valence electrons. The third-order valence-corrected chi connectivity index (χ3v) is 15.3. The second-order valence-corrected chi connectivity index (χ2v) is 18.6. The fourth-order valence-electron chi connectivity index (χ4n) is 11.5. The fraction of sp³-hybridized carbons (Fsp3) is 0.0690. The maximum absolute atomic E-state index is 7.08. The monoisotopic (exact) mass is 811 g/mol. The average Bonchev–Trinajstić information content (AvgIpc) is 4.02. The van der Waals surface area contributed by atoms with Gasteiger partial charge in [0.15, 0.2) is 0 Å². The molecule has 0 bridgehead atoms. The lowest BCUT2D eigenvalue weighted by atomic mass is 9.66. The summed E-state index contributed by atoms with van der Waals surface area (Å²) in [6, 6.07) is 68.9. The summed E-state index contributed by atoms with van der Waals surface area (Å²) in [4.78, 5) is 2.50. The molecule has 0 fully saturated rings. The third kappa shape index (κ3) is 4.29. The number of hydrogen-bond acceptors (Lipinski definition) is 4. The number of anilines is 3. The molecule has 2 aliphatic carbocycles. The number of nitrogens with zero attached hydrogens (tertiary/aromatic N) is 1. The zero-order valence-electron chi connectivity index (χ0n) is 34.1. The predicted octanol–water partition coefficient (Wildman–Crippen LogP) is 16.2. The van der Waals surface area contributed by atoms with E-state index in [-0.39, 0.29) is 5.41 Å². The Kier molecular flexibility index (Phi) is 6.71. The Morgan fingerprint density at radius 3 is 1.87 bits per heavy atom. The largest absolute Gasteiger partial charge is 0.457 e. The van der Waals surface area contributed by atoms with E-state index in [1.165, 1.54) is 64.7 Å². The van der Waals surface area contributed by atoms with Crippen molar-refractivity contribution in [1.29, 1.82) is 0 Å². The Hall–Kier alpha value is -7.40. The first-order chi connectivity index (χ1) is 30.5. The van der Waals surface area contributed by atoms with Crippen LogP contribution in [0.2, 0.25) is 0 Å². The quantitative estimate of drug-likeness (QED) is 0.178. The number of fused-ring (bicyclic) bond motifs is 18. The molecule has 1 aliphatic heterocycles. The first-order valence-corrected chi connectivity index (χ1v) is 22.2. The second kappa shape index (κ2) is 12.1. The molecule has 11 aromatic rings. The van der Waals surface area contributed by atoms with Crippen LogP contribution in [0.15, 0.2) is 192 Å². The van der Waals surface area contributed by atoms with Crippen LogP contribution in [-0.2, 0) is 10.8 Å². The highest BCUT2D eigenvalue weighted by Gasteiger charge is 2.51. The highest BCUT2D eigenvalue weighted by molar-refractivity contribution is 7.26. The van der Waals surface area contributed by atoms with Crippen molar-refractivity contribution in [3.63, 3.8) is 0 Å². The van der Waals surface area contributed by atoms with Gasteiger partial charge in [0.2, 0.25) is 0 Å². The smallest absolute Gasteiger partial charge is 0.137 e. The SMILES string of the molecule is CC1(C)c2ccccc2-c2ccc(N(c3cccc4c3sc3ccccc34)c3cccc4oc5cc6c(cc5c34)-c3ccccc3C63c4ccccc4Oc4ccccc43)cc21. The van der Waals surface area contributed by atoms with E-state index in [9.17, 15) is 0 Å². The molecule has 0 unspecified atom stereocenters. The topological polar surface area (TPSA) is 25.6 Å². The molecule has 0 saturated heterocycles. The molecule has 0 amide bonds. The summed E-state index contributed by atoms with van der Waals surface area (Å²) in [5.74, 6) is 1.76. The van der Waals surface area contributed by atoms with Crippen LogP contribution in [0.25, 0.3) is 64.4 Å². The van der Waals surface area contributed by atoms with E-state index in [1.807, 2.05) is 11.3 Å². The van der Waals surface area contributed by atoms with Crippen molar-refractivity contribution in [2.24, 2.45) is 0 Å². The summed E-state index contributed by atoms with van der Waals surface area (Å²) in [6.07, 6.45) is 0. The molecule has 2 aromatic heterocycles. The Labute approximate surface area is 362 Å². The molecule has 3 nitrogen and oxygen atoms in total. The van der Waals surface area contributed by atoms with Crippen LogP contribution >= 0.6 is 11.3 Å². The Morgan fingerprint density at radius 2 is 1.06 bits per heavy atom. The van der Waals surface area contributed by atoms with Gasteiger partial charge in [-0.05, 0) is 105 Å². The van der Waals surface area contributed by atoms with Crippen molar-refractivity contribution < 1.29 is 9.15 Å².